The van der Waals surface area contributed by atoms with E-state index in [4.69, 9.17) is 9.47 Å². The average molecular weight is 370 g/mol. The van der Waals surface area contributed by atoms with Gasteiger partial charge >= 0.3 is 6.09 Å². The van der Waals surface area contributed by atoms with Crippen LogP contribution in [0.2, 0.25) is 0 Å². The summed E-state index contributed by atoms with van der Waals surface area (Å²) < 4.78 is 24.4. The number of halogens is 1. The minimum absolute atomic E-state index is 0.217. The molecule has 0 saturated carbocycles. The van der Waals surface area contributed by atoms with E-state index in [1.54, 1.807) is 4.90 Å². The van der Waals surface area contributed by atoms with Gasteiger partial charge in [-0.25, -0.2) is 19.2 Å². The number of pyridine rings is 1. The third-order valence-corrected chi connectivity index (χ3v) is 4.43. The number of aromatic nitrogens is 3. The van der Waals surface area contributed by atoms with Gasteiger partial charge in [0, 0.05) is 12.6 Å². The highest BCUT2D eigenvalue weighted by Crippen LogP contribution is 2.23. The van der Waals surface area contributed by atoms with Gasteiger partial charge in [0.2, 0.25) is 0 Å². The Bertz CT molecular complexity index is 957. The van der Waals surface area contributed by atoms with Crippen LogP contribution in [-0.2, 0) is 16.1 Å². The highest BCUT2D eigenvalue weighted by molar-refractivity contribution is 5.70. The smallest absolute Gasteiger partial charge is 0.410 e. The van der Waals surface area contributed by atoms with Gasteiger partial charge in [0.1, 0.15) is 29.9 Å². The fourth-order valence-corrected chi connectivity index (χ4v) is 2.94. The maximum Gasteiger partial charge on any atom is 0.410 e. The highest BCUT2D eigenvalue weighted by Gasteiger charge is 2.28. The zero-order valence-corrected chi connectivity index (χ0v) is 14.8. The number of hydrogen-bond donors (Lipinski definition) is 1. The first kappa shape index (κ1) is 17.4. The molecule has 1 saturated heterocycles. The van der Waals surface area contributed by atoms with Crippen molar-refractivity contribution in [3.05, 3.63) is 59.3 Å². The predicted octanol–water partition coefficient (Wildman–Crippen LogP) is 3.12. The van der Waals surface area contributed by atoms with Crippen LogP contribution in [-0.4, -0.2) is 45.6 Å². The molecular formula is C19H19FN4O3. The van der Waals surface area contributed by atoms with Crippen LogP contribution >= 0.6 is 0 Å². The van der Waals surface area contributed by atoms with E-state index in [9.17, 15) is 9.18 Å². The van der Waals surface area contributed by atoms with E-state index in [0.717, 1.165) is 17.3 Å². The Labute approximate surface area is 155 Å². The second-order valence-electron chi connectivity index (χ2n) is 6.49. The number of benzene rings is 1. The van der Waals surface area contributed by atoms with E-state index < -0.39 is 18.0 Å². The average Bonchev–Trinajstić information content (AvgIpc) is 3.10. The molecule has 2 aromatic heterocycles. The molecule has 1 amide bonds. The molecule has 0 aliphatic carbocycles. The van der Waals surface area contributed by atoms with Crippen LogP contribution in [0, 0.1) is 12.7 Å². The fraction of sp³-hybridized carbons (Fsp3) is 0.316. The minimum Gasteiger partial charge on any atom is -0.445 e. The molecule has 0 radical (unpaired) electrons. The number of nitrogens with one attached hydrogen (secondary N) is 1. The van der Waals surface area contributed by atoms with Crippen LogP contribution in [0.1, 0.15) is 23.1 Å². The van der Waals surface area contributed by atoms with Crippen molar-refractivity contribution in [2.75, 3.05) is 19.7 Å². The Morgan fingerprint density at radius 1 is 1.41 bits per heavy atom. The molecule has 27 heavy (non-hydrogen) atoms. The quantitative estimate of drug-likeness (QED) is 0.766. The molecule has 1 N–H and O–H groups in total. The zero-order chi connectivity index (χ0) is 18.8. The Kier molecular flexibility index (Phi) is 4.72. The van der Waals surface area contributed by atoms with Gasteiger partial charge in [0.15, 0.2) is 5.65 Å². The number of rotatable bonds is 3. The number of carbonyl (C=O) groups excluding carboxylic acids is 1. The Morgan fingerprint density at radius 2 is 2.22 bits per heavy atom. The fourth-order valence-electron chi connectivity index (χ4n) is 2.94. The van der Waals surface area contributed by atoms with Crippen molar-refractivity contribution in [3.8, 4) is 0 Å². The topological polar surface area (TPSA) is 80.3 Å². The van der Waals surface area contributed by atoms with Gasteiger partial charge in [-0.3, -0.25) is 0 Å². The lowest BCUT2D eigenvalue weighted by Gasteiger charge is -2.31. The first-order chi connectivity index (χ1) is 13.1. The molecule has 1 aromatic carbocycles. The lowest BCUT2D eigenvalue weighted by molar-refractivity contribution is -0.0330. The third kappa shape index (κ3) is 3.90. The summed E-state index contributed by atoms with van der Waals surface area (Å²) in [6.07, 6.45) is 0.285. The molecule has 0 unspecified atom stereocenters. The number of amides is 1. The monoisotopic (exact) mass is 370 g/mol. The van der Waals surface area contributed by atoms with Gasteiger partial charge in [-0.15, -0.1) is 0 Å². The molecule has 3 aromatic rings. The van der Waals surface area contributed by atoms with Crippen molar-refractivity contribution in [1.82, 2.24) is 19.9 Å². The summed E-state index contributed by atoms with van der Waals surface area (Å²) in [5, 5.41) is 0. The zero-order valence-electron chi connectivity index (χ0n) is 14.8. The van der Waals surface area contributed by atoms with Crippen LogP contribution in [0.25, 0.3) is 11.2 Å². The number of ether oxygens (including phenoxy) is 2. The highest BCUT2D eigenvalue weighted by atomic mass is 19.1. The SMILES string of the molecule is Cc1ccc(COC(=O)N2CCO[C@H](c3nc4cc(F)cnc4[nH]3)C2)cc1. The minimum atomic E-state index is -0.452. The van der Waals surface area contributed by atoms with Crippen LogP contribution < -0.4 is 0 Å². The van der Waals surface area contributed by atoms with Crippen molar-refractivity contribution in [3.63, 3.8) is 0 Å². The molecule has 1 atom stereocenters. The van der Waals surface area contributed by atoms with Crippen LogP contribution in [0.4, 0.5) is 9.18 Å². The second kappa shape index (κ2) is 7.32. The maximum absolute atomic E-state index is 13.3. The first-order valence-electron chi connectivity index (χ1n) is 8.68. The summed E-state index contributed by atoms with van der Waals surface area (Å²) in [7, 11) is 0. The number of fused-ring (bicyclic) bond motifs is 1. The number of imidazole rings is 1. The van der Waals surface area contributed by atoms with E-state index in [1.807, 2.05) is 31.2 Å². The number of carbonyl (C=O) groups is 1. The summed E-state index contributed by atoms with van der Waals surface area (Å²) >= 11 is 0. The Balaban J connectivity index is 1.40. The standard InChI is InChI=1S/C19H19FN4O3/c1-12-2-4-13(5-3-12)11-27-19(25)24-6-7-26-16(10-24)18-22-15-8-14(20)9-21-17(15)23-18/h2-5,8-9,16H,6-7,10-11H2,1H3,(H,21,22,23)/t16-/m0/s1. The number of nitrogens with zero attached hydrogens (tertiary/aromatic N) is 3. The number of aryl methyl sites for hydroxylation is 1. The van der Waals surface area contributed by atoms with Crippen molar-refractivity contribution in [1.29, 1.82) is 0 Å². The third-order valence-electron chi connectivity index (χ3n) is 4.43. The molecule has 0 spiro atoms. The summed E-state index contributed by atoms with van der Waals surface area (Å²) in [6, 6.07) is 9.13. The van der Waals surface area contributed by atoms with E-state index in [1.165, 1.54) is 6.07 Å². The molecule has 4 rings (SSSR count). The molecular weight excluding hydrogens is 351 g/mol. The van der Waals surface area contributed by atoms with Crippen LogP contribution in [0.5, 0.6) is 0 Å². The van der Waals surface area contributed by atoms with Crippen molar-refractivity contribution >= 4 is 17.3 Å². The summed E-state index contributed by atoms with van der Waals surface area (Å²) in [6.45, 7) is 3.33. The number of H-pyrrole nitrogens is 1. The molecule has 3 heterocycles. The molecule has 8 heteroatoms. The second-order valence-corrected chi connectivity index (χ2v) is 6.49. The van der Waals surface area contributed by atoms with Crippen LogP contribution in [0.15, 0.2) is 36.5 Å². The Morgan fingerprint density at radius 3 is 3.04 bits per heavy atom. The van der Waals surface area contributed by atoms with Gasteiger partial charge in [-0.2, -0.15) is 0 Å². The van der Waals surface area contributed by atoms with Gasteiger partial charge in [-0.05, 0) is 12.5 Å². The maximum atomic E-state index is 13.3. The molecule has 0 bridgehead atoms. The number of morpholine rings is 1. The summed E-state index contributed by atoms with van der Waals surface area (Å²) in [5.74, 6) is 0.0607. The molecule has 140 valence electrons. The van der Waals surface area contributed by atoms with Gasteiger partial charge in [0.05, 0.1) is 19.3 Å². The number of aromatic amines is 1. The molecule has 1 aliphatic heterocycles. The van der Waals surface area contributed by atoms with Gasteiger partial charge < -0.3 is 19.4 Å². The molecule has 1 aliphatic rings. The lowest BCUT2D eigenvalue weighted by Crippen LogP contribution is -2.42. The normalized spacial score (nSPS) is 17.3. The van der Waals surface area contributed by atoms with Crippen molar-refractivity contribution in [2.24, 2.45) is 0 Å². The van der Waals surface area contributed by atoms with E-state index in [0.29, 0.717) is 36.7 Å². The van der Waals surface area contributed by atoms with E-state index in [2.05, 4.69) is 15.0 Å². The predicted molar refractivity (Wildman–Crippen MR) is 95.5 cm³/mol. The van der Waals surface area contributed by atoms with Gasteiger partial charge in [-0.1, -0.05) is 29.8 Å². The van der Waals surface area contributed by atoms with Gasteiger partial charge in [0.25, 0.3) is 0 Å². The number of hydrogen-bond acceptors (Lipinski definition) is 5. The van der Waals surface area contributed by atoms with E-state index in [-0.39, 0.29) is 6.61 Å². The molecule has 1 fully saturated rings. The Hall–Kier alpha value is -3.00. The van der Waals surface area contributed by atoms with Crippen molar-refractivity contribution < 1.29 is 18.7 Å². The molecule has 7 nitrogen and oxygen atoms in total. The largest absolute Gasteiger partial charge is 0.445 e. The van der Waals surface area contributed by atoms with E-state index >= 15 is 0 Å². The first-order valence-corrected chi connectivity index (χ1v) is 8.68. The lowest BCUT2D eigenvalue weighted by atomic mass is 10.2. The summed E-state index contributed by atoms with van der Waals surface area (Å²) in [5.41, 5.74) is 2.99. The van der Waals surface area contributed by atoms with Crippen LogP contribution in [0.3, 0.4) is 0 Å². The summed E-state index contributed by atoms with van der Waals surface area (Å²) in [4.78, 5) is 25.3. The van der Waals surface area contributed by atoms with Crippen molar-refractivity contribution in [2.45, 2.75) is 19.6 Å².